The molecule has 18 heavy (non-hydrogen) atoms. The van der Waals surface area contributed by atoms with Crippen molar-refractivity contribution in [1.82, 2.24) is 24.9 Å². The van der Waals surface area contributed by atoms with E-state index in [1.165, 1.54) is 6.33 Å². The Bertz CT molecular complexity index is 550. The molecule has 0 radical (unpaired) electrons. The molecule has 0 saturated carbocycles. The molecule has 9 nitrogen and oxygen atoms in total. The minimum atomic E-state index is 0.0193. The van der Waals surface area contributed by atoms with Crippen LogP contribution in [0.1, 0.15) is 6.92 Å². The van der Waals surface area contributed by atoms with Gasteiger partial charge >= 0.3 is 0 Å². The van der Waals surface area contributed by atoms with Crippen LogP contribution in [-0.2, 0) is 0 Å². The van der Waals surface area contributed by atoms with Gasteiger partial charge in [0, 0.05) is 6.54 Å². The van der Waals surface area contributed by atoms with Gasteiger partial charge < -0.3 is 15.8 Å². The van der Waals surface area contributed by atoms with E-state index in [0.29, 0.717) is 36.0 Å². The number of hydrogen-bond donors (Lipinski definition) is 3. The molecule has 0 aromatic carbocycles. The van der Waals surface area contributed by atoms with Crippen LogP contribution in [0.3, 0.4) is 0 Å². The van der Waals surface area contributed by atoms with E-state index in [9.17, 15) is 0 Å². The van der Waals surface area contributed by atoms with E-state index < -0.39 is 0 Å². The van der Waals surface area contributed by atoms with Gasteiger partial charge in [0.2, 0.25) is 0 Å². The average Bonchev–Trinajstić information content (AvgIpc) is 2.79. The Kier molecular flexibility index (Phi) is 3.63. The Labute approximate surface area is 103 Å². The van der Waals surface area contributed by atoms with Crippen LogP contribution in [0.5, 0.6) is 0 Å². The fourth-order valence-corrected chi connectivity index (χ4v) is 1.37. The van der Waals surface area contributed by atoms with Crippen LogP contribution < -0.4 is 5.73 Å². The molecular formula is C9H14N8O. The lowest BCUT2D eigenvalue weighted by molar-refractivity contribution is 0.199. The summed E-state index contributed by atoms with van der Waals surface area (Å²) >= 11 is 0. The molecule has 2 rings (SSSR count). The summed E-state index contributed by atoms with van der Waals surface area (Å²) in [6.07, 6.45) is 1.34. The molecule has 0 aliphatic heterocycles. The van der Waals surface area contributed by atoms with E-state index in [1.807, 2.05) is 6.92 Å². The first-order chi connectivity index (χ1) is 8.74. The third-order valence-corrected chi connectivity index (χ3v) is 2.29. The second kappa shape index (κ2) is 5.36. The number of aromatic amines is 1. The minimum absolute atomic E-state index is 0.0193. The van der Waals surface area contributed by atoms with Gasteiger partial charge in [-0.05, 0) is 6.92 Å². The van der Waals surface area contributed by atoms with Crippen LogP contribution in [0.25, 0.3) is 11.2 Å². The van der Waals surface area contributed by atoms with Crippen LogP contribution in [0.4, 0.5) is 11.8 Å². The number of aliphatic hydroxyl groups is 1. The largest absolute Gasteiger partial charge is 0.394 e. The Balaban J connectivity index is 2.21. The third kappa shape index (κ3) is 2.51. The lowest BCUT2D eigenvalue weighted by Gasteiger charge is -2.11. The molecule has 0 fully saturated rings. The molecule has 2 heterocycles. The number of aliphatic hydroxyl groups excluding tert-OH is 1. The number of imidazole rings is 1. The summed E-state index contributed by atoms with van der Waals surface area (Å²) in [5, 5.41) is 18.3. The zero-order chi connectivity index (χ0) is 13.0. The Hall–Kier alpha value is -2.29. The van der Waals surface area contributed by atoms with Crippen molar-refractivity contribution >= 4 is 22.9 Å². The zero-order valence-corrected chi connectivity index (χ0v) is 9.91. The normalized spacial score (nSPS) is 11.4. The smallest absolute Gasteiger partial charge is 0.251 e. The van der Waals surface area contributed by atoms with Crippen molar-refractivity contribution in [2.45, 2.75) is 6.92 Å². The Morgan fingerprint density at radius 2 is 2.33 bits per heavy atom. The first kappa shape index (κ1) is 12.2. The fourth-order valence-electron chi connectivity index (χ4n) is 1.37. The molecule has 0 aliphatic carbocycles. The van der Waals surface area contributed by atoms with E-state index in [4.69, 9.17) is 10.8 Å². The van der Waals surface area contributed by atoms with E-state index in [1.54, 1.807) is 5.01 Å². The summed E-state index contributed by atoms with van der Waals surface area (Å²) in [4.78, 5) is 14.8. The van der Waals surface area contributed by atoms with Gasteiger partial charge in [-0.25, -0.2) is 9.97 Å². The number of aromatic nitrogens is 4. The number of hydrogen-bond acceptors (Lipinski definition) is 7. The fraction of sp³-hybridized carbons (Fsp3) is 0.444. The second-order valence-corrected chi connectivity index (χ2v) is 3.48. The number of nitrogens with two attached hydrogens (primary N) is 1. The maximum Gasteiger partial charge on any atom is 0.251 e. The number of rotatable bonds is 5. The quantitative estimate of drug-likeness (QED) is 0.515. The molecule has 2 aromatic rings. The van der Waals surface area contributed by atoms with E-state index in [2.05, 4.69) is 30.3 Å². The van der Waals surface area contributed by atoms with Crippen LogP contribution in [0.2, 0.25) is 0 Å². The van der Waals surface area contributed by atoms with Crippen LogP contribution >= 0.6 is 0 Å². The molecule has 0 saturated heterocycles. The second-order valence-electron chi connectivity index (χ2n) is 3.48. The lowest BCUT2D eigenvalue weighted by Crippen LogP contribution is -2.19. The van der Waals surface area contributed by atoms with Crippen molar-refractivity contribution < 1.29 is 5.11 Å². The molecule has 2 aromatic heterocycles. The van der Waals surface area contributed by atoms with Gasteiger partial charge in [0.15, 0.2) is 11.5 Å². The Morgan fingerprint density at radius 3 is 3.00 bits per heavy atom. The molecular weight excluding hydrogens is 236 g/mol. The van der Waals surface area contributed by atoms with Gasteiger partial charge in [0.25, 0.3) is 5.95 Å². The van der Waals surface area contributed by atoms with Gasteiger partial charge in [-0.2, -0.15) is 4.98 Å². The van der Waals surface area contributed by atoms with Crippen molar-refractivity contribution in [2.24, 2.45) is 10.3 Å². The van der Waals surface area contributed by atoms with Crippen LogP contribution in [0.15, 0.2) is 16.7 Å². The first-order valence-electron chi connectivity index (χ1n) is 5.48. The van der Waals surface area contributed by atoms with E-state index >= 15 is 0 Å². The van der Waals surface area contributed by atoms with Crippen molar-refractivity contribution in [2.75, 3.05) is 25.4 Å². The predicted molar refractivity (Wildman–Crippen MR) is 64.9 cm³/mol. The summed E-state index contributed by atoms with van der Waals surface area (Å²) in [7, 11) is 0. The number of nitrogens with zero attached hydrogens (tertiary/aromatic N) is 6. The maximum atomic E-state index is 8.81. The Morgan fingerprint density at radius 1 is 1.50 bits per heavy atom. The number of H-pyrrole nitrogens is 1. The van der Waals surface area contributed by atoms with Crippen molar-refractivity contribution in [3.05, 3.63) is 6.33 Å². The highest BCUT2D eigenvalue weighted by Crippen LogP contribution is 2.17. The predicted octanol–water partition coefficient (Wildman–Crippen LogP) is 0.248. The third-order valence-electron chi connectivity index (χ3n) is 2.29. The SMILES string of the molecule is CCN(CCO)/N=N/c1nc2ncnc(N)c2[nH]1. The summed E-state index contributed by atoms with van der Waals surface area (Å²) in [5.74, 6) is 0.616. The molecule has 0 unspecified atom stereocenters. The molecule has 9 heteroatoms. The van der Waals surface area contributed by atoms with Gasteiger partial charge in [-0.3, -0.25) is 5.01 Å². The zero-order valence-electron chi connectivity index (χ0n) is 9.91. The number of nitrogen functional groups attached to an aromatic ring is 1. The number of likely N-dealkylation sites (N-methyl/N-ethyl adjacent to an activating group) is 1. The summed E-state index contributed by atoms with van der Waals surface area (Å²) < 4.78 is 0. The highest BCUT2D eigenvalue weighted by Gasteiger charge is 2.06. The molecule has 4 N–H and O–H groups in total. The average molecular weight is 250 g/mol. The maximum absolute atomic E-state index is 8.81. The summed E-state index contributed by atoms with van der Waals surface area (Å²) in [6, 6.07) is 0. The van der Waals surface area contributed by atoms with Crippen LogP contribution in [0, 0.1) is 0 Å². The van der Waals surface area contributed by atoms with Gasteiger partial charge in [-0.1, -0.05) is 10.3 Å². The number of fused-ring (bicyclic) bond motifs is 1. The number of nitrogens with one attached hydrogen (secondary N) is 1. The van der Waals surface area contributed by atoms with Crippen molar-refractivity contribution in [3.8, 4) is 0 Å². The van der Waals surface area contributed by atoms with Gasteiger partial charge in [0.05, 0.1) is 13.2 Å². The highest BCUT2D eigenvalue weighted by molar-refractivity contribution is 5.82. The topological polar surface area (TPSA) is 129 Å². The summed E-state index contributed by atoms with van der Waals surface area (Å²) in [5.41, 5.74) is 6.65. The minimum Gasteiger partial charge on any atom is -0.394 e. The molecule has 0 amide bonds. The lowest BCUT2D eigenvalue weighted by atomic mass is 10.5. The molecule has 0 atom stereocenters. The van der Waals surface area contributed by atoms with Crippen molar-refractivity contribution in [1.29, 1.82) is 0 Å². The standard InChI is InChI=1S/C9H14N8O/c1-2-17(3-4-18)16-15-9-13-6-7(10)11-5-12-8(6)14-9/h5,18H,2-4H2,1H3,(H3,10,11,12,13,14)/b16-15+. The van der Waals surface area contributed by atoms with Crippen LogP contribution in [-0.4, -0.2) is 49.7 Å². The number of anilines is 1. The molecule has 96 valence electrons. The van der Waals surface area contributed by atoms with Gasteiger partial charge in [0.1, 0.15) is 11.8 Å². The van der Waals surface area contributed by atoms with E-state index in [0.717, 1.165) is 0 Å². The summed E-state index contributed by atoms with van der Waals surface area (Å²) in [6.45, 7) is 3.00. The monoisotopic (exact) mass is 250 g/mol. The molecule has 0 aliphatic rings. The van der Waals surface area contributed by atoms with Crippen molar-refractivity contribution in [3.63, 3.8) is 0 Å². The first-order valence-corrected chi connectivity index (χ1v) is 5.48. The molecule has 0 spiro atoms. The van der Waals surface area contributed by atoms with Gasteiger partial charge in [-0.15, -0.1) is 0 Å². The van der Waals surface area contributed by atoms with E-state index in [-0.39, 0.29) is 6.61 Å². The molecule has 0 bridgehead atoms. The highest BCUT2D eigenvalue weighted by atomic mass is 16.3.